The molecule has 5 rings (SSSR count). The third kappa shape index (κ3) is 6.27. The summed E-state index contributed by atoms with van der Waals surface area (Å²) in [5, 5.41) is 6.27. The Hall–Kier alpha value is -3.53. The molecule has 0 radical (unpaired) electrons. The molecule has 3 heterocycles. The van der Waals surface area contributed by atoms with Crippen LogP contribution in [0.15, 0.2) is 48.5 Å². The molecular formula is C25H25F3N6O4S2. The number of thiazole rings is 1. The first kappa shape index (κ1) is 28.0. The summed E-state index contributed by atoms with van der Waals surface area (Å²) in [6.07, 6.45) is 0.562. The zero-order valence-electron chi connectivity index (χ0n) is 21.4. The van der Waals surface area contributed by atoms with Crippen LogP contribution < -0.4 is 15.4 Å². The second kappa shape index (κ2) is 11.2. The van der Waals surface area contributed by atoms with Crippen LogP contribution in [0.3, 0.4) is 0 Å². The van der Waals surface area contributed by atoms with Crippen molar-refractivity contribution in [2.75, 3.05) is 50.2 Å². The van der Waals surface area contributed by atoms with Gasteiger partial charge in [0.1, 0.15) is 23.1 Å². The molecule has 1 aliphatic heterocycles. The van der Waals surface area contributed by atoms with Gasteiger partial charge in [-0.3, -0.25) is 0 Å². The van der Waals surface area contributed by atoms with E-state index in [9.17, 15) is 12.8 Å². The van der Waals surface area contributed by atoms with Gasteiger partial charge in [0.2, 0.25) is 16.0 Å². The highest BCUT2D eigenvalue weighted by atomic mass is 32.2. The minimum Gasteiger partial charge on any atom is -0.497 e. The molecule has 0 amide bonds. The Bertz CT molecular complexity index is 1620. The number of rotatable bonds is 9. The van der Waals surface area contributed by atoms with Gasteiger partial charge in [0.15, 0.2) is 5.13 Å². The molecule has 1 fully saturated rings. The van der Waals surface area contributed by atoms with Gasteiger partial charge >= 0.3 is 5.92 Å². The van der Waals surface area contributed by atoms with Crippen molar-refractivity contribution in [1.29, 1.82) is 0 Å². The fourth-order valence-electron chi connectivity index (χ4n) is 4.08. The summed E-state index contributed by atoms with van der Waals surface area (Å²) < 4.78 is 81.4. The quantitative estimate of drug-likeness (QED) is 0.294. The molecule has 2 aromatic heterocycles. The van der Waals surface area contributed by atoms with Crippen LogP contribution in [0.5, 0.6) is 5.75 Å². The molecule has 2 aromatic carbocycles. The van der Waals surface area contributed by atoms with E-state index >= 15 is 8.78 Å². The maximum Gasteiger partial charge on any atom is 0.315 e. The number of benzene rings is 2. The summed E-state index contributed by atoms with van der Waals surface area (Å²) in [6, 6.07) is 10.3. The third-order valence-corrected chi connectivity index (χ3v) is 8.35. The molecule has 0 aliphatic carbocycles. The Kier molecular flexibility index (Phi) is 7.81. The number of methoxy groups -OCH3 is 1. The largest absolute Gasteiger partial charge is 0.497 e. The van der Waals surface area contributed by atoms with E-state index in [0.29, 0.717) is 16.4 Å². The van der Waals surface area contributed by atoms with Gasteiger partial charge in [-0.2, -0.15) is 18.1 Å². The lowest BCUT2D eigenvalue weighted by atomic mass is 10.1. The fraction of sp³-hybridized carbons (Fsp3) is 0.320. The number of nitrogens with zero attached hydrogens (tertiary/aromatic N) is 4. The van der Waals surface area contributed by atoms with Gasteiger partial charge in [-0.25, -0.2) is 22.8 Å². The van der Waals surface area contributed by atoms with Crippen molar-refractivity contribution in [3.8, 4) is 5.75 Å². The number of alkyl halides is 2. The van der Waals surface area contributed by atoms with Gasteiger partial charge in [0.05, 0.1) is 36.3 Å². The normalized spacial score (nSPS) is 16.7. The van der Waals surface area contributed by atoms with E-state index in [4.69, 9.17) is 9.47 Å². The summed E-state index contributed by atoms with van der Waals surface area (Å²) in [6.45, 7) is 0.584. The first-order valence-corrected chi connectivity index (χ1v) is 14.7. The number of aromatic nitrogens is 3. The summed E-state index contributed by atoms with van der Waals surface area (Å²) in [5.41, 5.74) is -0.400. The number of sulfonamides is 1. The number of fused-ring (bicyclic) bond motifs is 1. The van der Waals surface area contributed by atoms with Crippen molar-refractivity contribution in [2.45, 2.75) is 12.0 Å². The SMILES string of the molecule is COc1ccc2nc(Nc3cc(C(F)(F)c4ccc(F)cc4)nc(NCC4CN(S(C)(=O)=O)CCO4)n3)sc2c1. The highest BCUT2D eigenvalue weighted by molar-refractivity contribution is 7.88. The maximum atomic E-state index is 15.6. The highest BCUT2D eigenvalue weighted by Gasteiger charge is 2.37. The molecule has 0 bridgehead atoms. The Morgan fingerprint density at radius 3 is 2.65 bits per heavy atom. The van der Waals surface area contributed by atoms with Crippen LogP contribution >= 0.6 is 11.3 Å². The van der Waals surface area contributed by atoms with Crippen LogP contribution in [0.2, 0.25) is 0 Å². The summed E-state index contributed by atoms with van der Waals surface area (Å²) >= 11 is 1.28. The first-order valence-electron chi connectivity index (χ1n) is 12.1. The zero-order valence-corrected chi connectivity index (χ0v) is 23.0. The van der Waals surface area contributed by atoms with E-state index < -0.39 is 39.1 Å². The van der Waals surface area contributed by atoms with Crippen LogP contribution in [-0.2, 0) is 20.7 Å². The number of anilines is 3. The van der Waals surface area contributed by atoms with Crippen molar-refractivity contribution >= 4 is 48.5 Å². The van der Waals surface area contributed by atoms with Gasteiger partial charge in [0, 0.05) is 31.3 Å². The Balaban J connectivity index is 1.44. The number of hydrogen-bond donors (Lipinski definition) is 2. The monoisotopic (exact) mass is 594 g/mol. The molecule has 212 valence electrons. The molecule has 1 aliphatic rings. The lowest BCUT2D eigenvalue weighted by Gasteiger charge is -2.31. The Labute approximate surface area is 232 Å². The first-order chi connectivity index (χ1) is 19.0. The number of ether oxygens (including phenoxy) is 2. The predicted octanol–water partition coefficient (Wildman–Crippen LogP) is 4.19. The molecule has 1 unspecified atom stereocenters. The number of halogens is 3. The summed E-state index contributed by atoms with van der Waals surface area (Å²) in [5.74, 6) is -3.67. The smallest absolute Gasteiger partial charge is 0.315 e. The second-order valence-electron chi connectivity index (χ2n) is 9.02. The van der Waals surface area contributed by atoms with Crippen LogP contribution in [0.4, 0.5) is 30.1 Å². The molecule has 2 N–H and O–H groups in total. The van der Waals surface area contributed by atoms with E-state index in [2.05, 4.69) is 25.6 Å². The van der Waals surface area contributed by atoms with Crippen molar-refractivity contribution in [3.05, 3.63) is 65.6 Å². The lowest BCUT2D eigenvalue weighted by molar-refractivity contribution is 0.00693. The molecule has 1 atom stereocenters. The maximum absolute atomic E-state index is 15.6. The fourth-order valence-corrected chi connectivity index (χ4v) is 5.82. The molecule has 1 saturated heterocycles. The van der Waals surface area contributed by atoms with Crippen LogP contribution in [0.1, 0.15) is 11.3 Å². The number of morpholine rings is 1. The molecule has 0 saturated carbocycles. The standard InChI is InChI=1S/C25H25F3N6O4S2/c1-37-17-7-8-19-20(11-17)39-24(30-19)33-22-12-21(25(27,28)15-3-5-16(26)6-4-15)31-23(32-22)29-13-18-14-34(9-10-38-18)40(2,35)36/h3-8,11-12,18H,9-10,13-14H2,1-2H3,(H2,29,30,31,32,33). The van der Waals surface area contributed by atoms with E-state index in [-0.39, 0.29) is 38.0 Å². The van der Waals surface area contributed by atoms with Crippen molar-refractivity contribution in [2.24, 2.45) is 0 Å². The molecular weight excluding hydrogens is 569 g/mol. The van der Waals surface area contributed by atoms with Crippen molar-refractivity contribution in [1.82, 2.24) is 19.3 Å². The van der Waals surface area contributed by atoms with Crippen LogP contribution in [0.25, 0.3) is 10.2 Å². The lowest BCUT2D eigenvalue weighted by Crippen LogP contribution is -2.47. The Morgan fingerprint density at radius 2 is 1.93 bits per heavy atom. The van der Waals surface area contributed by atoms with Crippen molar-refractivity contribution in [3.63, 3.8) is 0 Å². The zero-order chi connectivity index (χ0) is 28.5. The van der Waals surface area contributed by atoms with E-state index in [1.54, 1.807) is 19.2 Å². The molecule has 40 heavy (non-hydrogen) atoms. The van der Waals surface area contributed by atoms with Crippen molar-refractivity contribution < 1.29 is 31.1 Å². The number of hydrogen-bond acceptors (Lipinski definition) is 10. The van der Waals surface area contributed by atoms with Gasteiger partial charge < -0.3 is 20.1 Å². The second-order valence-corrected chi connectivity index (χ2v) is 12.0. The van der Waals surface area contributed by atoms with Crippen LogP contribution in [-0.4, -0.2) is 73.4 Å². The van der Waals surface area contributed by atoms with Gasteiger partial charge in [-0.1, -0.05) is 11.3 Å². The summed E-state index contributed by atoms with van der Waals surface area (Å²) in [7, 11) is -1.86. The van der Waals surface area contributed by atoms with Gasteiger partial charge in [-0.05, 0) is 42.5 Å². The predicted molar refractivity (Wildman–Crippen MR) is 146 cm³/mol. The average Bonchev–Trinajstić information content (AvgIpc) is 3.33. The molecule has 10 nitrogen and oxygen atoms in total. The highest BCUT2D eigenvalue weighted by Crippen LogP contribution is 2.37. The minimum absolute atomic E-state index is 0.0441. The van der Waals surface area contributed by atoms with E-state index in [0.717, 1.165) is 41.3 Å². The average molecular weight is 595 g/mol. The molecule has 0 spiro atoms. The Morgan fingerprint density at radius 1 is 1.15 bits per heavy atom. The van der Waals surface area contributed by atoms with E-state index in [1.165, 1.54) is 15.6 Å². The van der Waals surface area contributed by atoms with E-state index in [1.807, 2.05) is 6.07 Å². The van der Waals surface area contributed by atoms with Crippen LogP contribution in [0, 0.1) is 5.82 Å². The van der Waals surface area contributed by atoms with Gasteiger partial charge in [0.25, 0.3) is 0 Å². The van der Waals surface area contributed by atoms with Gasteiger partial charge in [-0.15, -0.1) is 0 Å². The summed E-state index contributed by atoms with van der Waals surface area (Å²) in [4.78, 5) is 12.9. The molecule has 15 heteroatoms. The number of nitrogens with one attached hydrogen (secondary N) is 2. The minimum atomic E-state index is -3.58. The topological polar surface area (TPSA) is 119 Å². The third-order valence-electron chi connectivity index (χ3n) is 6.14. The molecule has 4 aromatic rings.